The van der Waals surface area contributed by atoms with E-state index in [0.717, 1.165) is 22.3 Å². The quantitative estimate of drug-likeness (QED) is 0.641. The smallest absolute Gasteiger partial charge is 0.410 e. The molecule has 1 N–H and O–H groups in total. The largest absolute Gasteiger partial charge is 0.445 e. The Labute approximate surface area is 166 Å². The van der Waals surface area contributed by atoms with Crippen LogP contribution in [0.2, 0.25) is 0 Å². The summed E-state index contributed by atoms with van der Waals surface area (Å²) >= 11 is 0. The van der Waals surface area contributed by atoms with Crippen LogP contribution in [0.5, 0.6) is 0 Å². The Bertz CT molecular complexity index is 881. The van der Waals surface area contributed by atoms with Crippen LogP contribution in [0.15, 0.2) is 84.9 Å². The van der Waals surface area contributed by atoms with Gasteiger partial charge in [0.2, 0.25) is 0 Å². The van der Waals surface area contributed by atoms with E-state index in [0.29, 0.717) is 6.54 Å². The second-order valence-corrected chi connectivity index (χ2v) is 6.84. The number of aliphatic hydroxyl groups is 1. The molecule has 3 aromatic carbocycles. The molecule has 3 aromatic rings. The molecule has 1 amide bonds. The van der Waals surface area contributed by atoms with Gasteiger partial charge in [-0.15, -0.1) is 0 Å². The summed E-state index contributed by atoms with van der Waals surface area (Å²) in [6, 6.07) is 27.0. The molecule has 0 radical (unpaired) electrons. The molecule has 0 aliphatic rings. The average molecular weight is 375 g/mol. The molecule has 0 fully saturated rings. The zero-order valence-corrected chi connectivity index (χ0v) is 16.0. The van der Waals surface area contributed by atoms with Gasteiger partial charge in [-0.25, -0.2) is 4.79 Å². The van der Waals surface area contributed by atoms with Crippen LogP contribution in [-0.4, -0.2) is 22.6 Å². The topological polar surface area (TPSA) is 49.8 Å². The summed E-state index contributed by atoms with van der Waals surface area (Å²) in [4.78, 5) is 14.3. The number of hydrogen-bond acceptors (Lipinski definition) is 3. The molecule has 1 atom stereocenters. The van der Waals surface area contributed by atoms with Gasteiger partial charge in [0.05, 0.1) is 12.6 Å². The molecule has 28 heavy (non-hydrogen) atoms. The molecule has 0 aromatic heterocycles. The van der Waals surface area contributed by atoms with Crippen LogP contribution in [0.4, 0.5) is 4.79 Å². The summed E-state index contributed by atoms with van der Waals surface area (Å²) in [5, 5.41) is 10.7. The minimum absolute atomic E-state index is 0.159. The first-order valence-electron chi connectivity index (χ1n) is 9.36. The fraction of sp³-hybridized carbons (Fsp3) is 0.208. The first-order chi connectivity index (χ1) is 13.6. The molecule has 0 aliphatic carbocycles. The number of hydrogen-bond donors (Lipinski definition) is 1. The Morgan fingerprint density at radius 3 is 2.21 bits per heavy atom. The summed E-state index contributed by atoms with van der Waals surface area (Å²) in [5.41, 5.74) is 3.76. The van der Waals surface area contributed by atoms with Crippen LogP contribution in [-0.2, 0) is 17.9 Å². The van der Waals surface area contributed by atoms with E-state index in [1.807, 2.05) is 91.9 Å². The maximum Gasteiger partial charge on any atom is 0.410 e. The van der Waals surface area contributed by atoms with Crippen molar-refractivity contribution in [3.63, 3.8) is 0 Å². The lowest BCUT2D eigenvalue weighted by molar-refractivity contribution is 0.0656. The summed E-state index contributed by atoms with van der Waals surface area (Å²) < 4.78 is 5.50. The Hall–Kier alpha value is -3.11. The maximum atomic E-state index is 12.7. The monoisotopic (exact) mass is 375 g/mol. The van der Waals surface area contributed by atoms with Gasteiger partial charge in [0.1, 0.15) is 6.61 Å². The first-order valence-corrected chi connectivity index (χ1v) is 9.36. The molecule has 144 valence electrons. The third-order valence-electron chi connectivity index (χ3n) is 4.50. The van der Waals surface area contributed by atoms with Crippen molar-refractivity contribution in [2.75, 3.05) is 6.54 Å². The molecule has 4 nitrogen and oxygen atoms in total. The fourth-order valence-electron chi connectivity index (χ4n) is 3.01. The molecule has 0 spiro atoms. The highest BCUT2D eigenvalue weighted by atomic mass is 16.6. The molecule has 0 saturated carbocycles. The number of aryl methyl sites for hydroxylation is 1. The number of carbonyl (C=O) groups is 1. The molecule has 3 rings (SSSR count). The Morgan fingerprint density at radius 2 is 1.57 bits per heavy atom. The summed E-state index contributed by atoms with van der Waals surface area (Å²) in [5.74, 6) is 0. The molecule has 0 bridgehead atoms. The number of carbonyl (C=O) groups excluding carboxylic acids is 1. The average Bonchev–Trinajstić information content (AvgIpc) is 2.73. The summed E-state index contributed by atoms with van der Waals surface area (Å²) in [7, 11) is 0. The van der Waals surface area contributed by atoms with E-state index in [4.69, 9.17) is 4.74 Å². The van der Waals surface area contributed by atoms with Crippen LogP contribution in [0, 0.1) is 6.92 Å². The Kier molecular flexibility index (Phi) is 6.82. The molecular weight excluding hydrogens is 350 g/mol. The maximum absolute atomic E-state index is 12.7. The van der Waals surface area contributed by atoms with Gasteiger partial charge in [0, 0.05) is 6.54 Å². The Balaban J connectivity index is 1.71. The van der Waals surface area contributed by atoms with E-state index in [-0.39, 0.29) is 13.2 Å². The van der Waals surface area contributed by atoms with Crippen molar-refractivity contribution in [3.8, 4) is 0 Å². The van der Waals surface area contributed by atoms with Gasteiger partial charge in [-0.2, -0.15) is 0 Å². The molecule has 0 saturated heterocycles. The van der Waals surface area contributed by atoms with Crippen molar-refractivity contribution >= 4 is 6.09 Å². The second-order valence-electron chi connectivity index (χ2n) is 6.84. The van der Waals surface area contributed by atoms with E-state index >= 15 is 0 Å². The van der Waals surface area contributed by atoms with E-state index < -0.39 is 12.2 Å². The minimum Gasteiger partial charge on any atom is -0.445 e. The molecule has 4 heteroatoms. The highest BCUT2D eigenvalue weighted by Gasteiger charge is 2.20. The normalized spacial score (nSPS) is 11.6. The molecular formula is C24H25NO3. The molecule has 0 aliphatic heterocycles. The first kappa shape index (κ1) is 19.6. The number of aliphatic hydroxyl groups excluding tert-OH is 1. The van der Waals surface area contributed by atoms with Crippen molar-refractivity contribution in [1.82, 2.24) is 4.90 Å². The standard InChI is InChI=1S/C24H25NO3/c1-19-9-8-14-22(15-19)23(26)17-25(16-20-10-4-2-5-11-20)24(27)28-18-21-12-6-3-7-13-21/h2-15,23,26H,16-18H2,1H3. The summed E-state index contributed by atoms with van der Waals surface area (Å²) in [6.45, 7) is 2.71. The zero-order chi connectivity index (χ0) is 19.8. The van der Waals surface area contributed by atoms with Crippen molar-refractivity contribution in [1.29, 1.82) is 0 Å². The minimum atomic E-state index is -0.784. The molecule has 0 heterocycles. The van der Waals surface area contributed by atoms with Crippen molar-refractivity contribution in [2.24, 2.45) is 0 Å². The van der Waals surface area contributed by atoms with E-state index in [2.05, 4.69) is 0 Å². The van der Waals surface area contributed by atoms with Crippen molar-refractivity contribution in [3.05, 3.63) is 107 Å². The van der Waals surface area contributed by atoms with Crippen molar-refractivity contribution < 1.29 is 14.6 Å². The lowest BCUT2D eigenvalue weighted by Gasteiger charge is -2.25. The van der Waals surface area contributed by atoms with Gasteiger partial charge in [-0.1, -0.05) is 90.5 Å². The number of amides is 1. The number of nitrogens with zero attached hydrogens (tertiary/aromatic N) is 1. The van der Waals surface area contributed by atoms with Gasteiger partial charge >= 0.3 is 6.09 Å². The van der Waals surface area contributed by atoms with Crippen LogP contribution in [0.25, 0.3) is 0 Å². The summed E-state index contributed by atoms with van der Waals surface area (Å²) in [6.07, 6.45) is -1.23. The number of rotatable bonds is 7. The third kappa shape index (κ3) is 5.69. The Morgan fingerprint density at radius 1 is 0.929 bits per heavy atom. The SMILES string of the molecule is Cc1cccc(C(O)CN(Cc2ccccc2)C(=O)OCc2ccccc2)c1. The van der Waals surface area contributed by atoms with Crippen LogP contribution < -0.4 is 0 Å². The van der Waals surface area contributed by atoms with Gasteiger partial charge in [0.15, 0.2) is 0 Å². The highest BCUT2D eigenvalue weighted by Crippen LogP contribution is 2.18. The lowest BCUT2D eigenvalue weighted by atomic mass is 10.1. The van der Waals surface area contributed by atoms with Gasteiger partial charge in [0.25, 0.3) is 0 Å². The van der Waals surface area contributed by atoms with Gasteiger partial charge in [-0.05, 0) is 23.6 Å². The third-order valence-corrected chi connectivity index (χ3v) is 4.50. The lowest BCUT2D eigenvalue weighted by Crippen LogP contribution is -2.34. The van der Waals surface area contributed by atoms with Crippen molar-refractivity contribution in [2.45, 2.75) is 26.2 Å². The van der Waals surface area contributed by atoms with E-state index in [1.165, 1.54) is 0 Å². The number of ether oxygens (including phenoxy) is 1. The van der Waals surface area contributed by atoms with Crippen LogP contribution in [0.1, 0.15) is 28.4 Å². The zero-order valence-electron chi connectivity index (χ0n) is 16.0. The predicted octanol–water partition coefficient (Wildman–Crippen LogP) is 4.87. The van der Waals surface area contributed by atoms with E-state index in [9.17, 15) is 9.90 Å². The second kappa shape index (κ2) is 9.72. The van der Waals surface area contributed by atoms with Crippen LogP contribution in [0.3, 0.4) is 0 Å². The van der Waals surface area contributed by atoms with Gasteiger partial charge < -0.3 is 14.7 Å². The predicted molar refractivity (Wildman–Crippen MR) is 110 cm³/mol. The van der Waals surface area contributed by atoms with Crippen LogP contribution >= 0.6 is 0 Å². The highest BCUT2D eigenvalue weighted by molar-refractivity contribution is 5.67. The van der Waals surface area contributed by atoms with Gasteiger partial charge in [-0.3, -0.25) is 0 Å². The molecule has 1 unspecified atom stereocenters. The number of benzene rings is 3. The fourth-order valence-corrected chi connectivity index (χ4v) is 3.01. The van der Waals surface area contributed by atoms with E-state index in [1.54, 1.807) is 4.90 Å².